The zero-order chi connectivity index (χ0) is 14.9. The van der Waals surface area contributed by atoms with Crippen molar-refractivity contribution in [2.45, 2.75) is 52.7 Å². The minimum atomic E-state index is -1.38. The van der Waals surface area contributed by atoms with Crippen LogP contribution in [0.15, 0.2) is 0 Å². The maximum atomic E-state index is 9.94. The summed E-state index contributed by atoms with van der Waals surface area (Å²) >= 11 is 0. The maximum Gasteiger partial charge on any atom is 2.00 e. The second-order valence-electron chi connectivity index (χ2n) is 4.30. The molecule has 0 amide bonds. The van der Waals surface area contributed by atoms with E-state index in [1.54, 1.807) is 13.8 Å². The first-order valence-electron chi connectivity index (χ1n) is 5.96. The minimum Gasteiger partial charge on any atom is -0.547 e. The maximum absolute atomic E-state index is 9.94. The van der Waals surface area contributed by atoms with Crippen LogP contribution in [0.3, 0.4) is 0 Å². The Labute approximate surface area is 143 Å². The first-order valence-corrected chi connectivity index (χ1v) is 5.96. The minimum absolute atomic E-state index is 0. The van der Waals surface area contributed by atoms with E-state index in [0.29, 0.717) is 12.8 Å². The van der Waals surface area contributed by atoms with Gasteiger partial charge >= 0.3 is 37.7 Å². The van der Waals surface area contributed by atoms with Crippen LogP contribution in [0, 0.1) is 11.8 Å². The molecule has 4 atom stereocenters. The van der Waals surface area contributed by atoms with Crippen molar-refractivity contribution < 1.29 is 30.0 Å². The Hall–Kier alpha value is 0.120. The number of aliphatic hydroxyl groups excluding tert-OH is 2. The molecule has 0 aliphatic carbocycles. The van der Waals surface area contributed by atoms with Crippen molar-refractivity contribution >= 4 is 49.7 Å². The fourth-order valence-corrected chi connectivity index (χ4v) is 0.911. The quantitative estimate of drug-likeness (QED) is 0.543. The van der Waals surface area contributed by atoms with Crippen molar-refractivity contribution in [2.75, 3.05) is 0 Å². The summed E-state index contributed by atoms with van der Waals surface area (Å²) in [4.78, 5) is 19.9. The van der Waals surface area contributed by atoms with Crippen molar-refractivity contribution in [3.8, 4) is 0 Å². The van der Waals surface area contributed by atoms with Crippen LogP contribution >= 0.6 is 0 Å². The molecule has 0 bridgehead atoms. The van der Waals surface area contributed by atoms with Gasteiger partial charge in [0, 0.05) is 0 Å². The fraction of sp³-hybridized carbons (Fsp3) is 0.833. The number of aliphatic hydroxyl groups is 2. The first-order chi connectivity index (χ1) is 8.18. The van der Waals surface area contributed by atoms with E-state index in [1.807, 2.05) is 13.8 Å². The number of carboxylic acid groups (broad SMARTS) is 2. The molecule has 0 aliphatic heterocycles. The van der Waals surface area contributed by atoms with E-state index >= 15 is 0 Å². The van der Waals surface area contributed by atoms with Crippen molar-refractivity contribution in [2.24, 2.45) is 11.8 Å². The molecule has 0 radical (unpaired) electrons. The van der Waals surface area contributed by atoms with Crippen molar-refractivity contribution in [1.29, 1.82) is 0 Å². The van der Waals surface area contributed by atoms with Crippen LogP contribution in [0.1, 0.15) is 40.5 Å². The standard InChI is InChI=1S/2C6H12O3.Ca/c2*1-3-4(2)5(7)6(8)9;/h2*4-5,7H,3H2,1-2H3,(H,8,9);/q;;+2/p-2. The van der Waals surface area contributed by atoms with Gasteiger partial charge < -0.3 is 30.0 Å². The summed E-state index contributed by atoms with van der Waals surface area (Å²) < 4.78 is 0. The summed E-state index contributed by atoms with van der Waals surface area (Å²) in [6, 6.07) is 0. The summed E-state index contributed by atoms with van der Waals surface area (Å²) in [7, 11) is 0. The summed E-state index contributed by atoms with van der Waals surface area (Å²) in [5.41, 5.74) is 0. The summed E-state index contributed by atoms with van der Waals surface area (Å²) in [5.74, 6) is -3.20. The van der Waals surface area contributed by atoms with E-state index in [9.17, 15) is 19.8 Å². The molecule has 0 rings (SSSR count). The van der Waals surface area contributed by atoms with Gasteiger partial charge in [-0.05, 0) is 11.8 Å². The predicted octanol–water partition coefficient (Wildman–Crippen LogP) is -2.09. The van der Waals surface area contributed by atoms with Crippen LogP contribution in [-0.4, -0.2) is 72.1 Å². The van der Waals surface area contributed by atoms with Crippen LogP contribution in [0.2, 0.25) is 0 Å². The molecule has 0 aromatic heterocycles. The number of carbonyl (C=O) groups is 2. The number of hydrogen-bond donors (Lipinski definition) is 2. The SMILES string of the molecule is CCC(C)C(O)C(=O)[O-].CCC(C)C(O)C(=O)[O-].[Ca+2]. The normalized spacial score (nSPS) is 15.9. The zero-order valence-corrected chi connectivity index (χ0v) is 14.2. The zero-order valence-electron chi connectivity index (χ0n) is 12.0. The molecule has 7 heteroatoms. The molecular weight excluding hydrogens is 280 g/mol. The van der Waals surface area contributed by atoms with Gasteiger partial charge in [-0.2, -0.15) is 0 Å². The smallest absolute Gasteiger partial charge is 0.547 e. The topological polar surface area (TPSA) is 121 Å². The molecular formula is C12H22CaO6. The molecule has 0 heterocycles. The third-order valence-corrected chi connectivity index (χ3v) is 2.85. The molecule has 0 aromatic rings. The molecule has 0 aliphatic rings. The molecule has 0 fully saturated rings. The van der Waals surface area contributed by atoms with Gasteiger partial charge in [0.05, 0.1) is 24.1 Å². The van der Waals surface area contributed by atoms with Crippen LogP contribution in [0.5, 0.6) is 0 Å². The van der Waals surface area contributed by atoms with Crippen LogP contribution in [-0.2, 0) is 9.59 Å². The van der Waals surface area contributed by atoms with Gasteiger partial charge in [0.25, 0.3) is 0 Å². The van der Waals surface area contributed by atoms with E-state index in [4.69, 9.17) is 10.2 Å². The Morgan fingerprint density at radius 1 is 0.895 bits per heavy atom. The number of aliphatic carboxylic acids is 2. The summed E-state index contributed by atoms with van der Waals surface area (Å²) in [6.07, 6.45) is -1.32. The molecule has 4 unspecified atom stereocenters. The van der Waals surface area contributed by atoms with Gasteiger partial charge in [-0.25, -0.2) is 0 Å². The van der Waals surface area contributed by atoms with Gasteiger partial charge in [-0.3, -0.25) is 0 Å². The van der Waals surface area contributed by atoms with Gasteiger partial charge in [-0.1, -0.05) is 40.5 Å². The van der Waals surface area contributed by atoms with Crippen molar-refractivity contribution in [3.63, 3.8) is 0 Å². The Kier molecular flexibility index (Phi) is 16.7. The van der Waals surface area contributed by atoms with Crippen molar-refractivity contribution in [3.05, 3.63) is 0 Å². The van der Waals surface area contributed by atoms with Gasteiger partial charge in [0.15, 0.2) is 0 Å². The molecule has 0 aromatic carbocycles. The Morgan fingerprint density at radius 3 is 1.16 bits per heavy atom. The molecule has 6 nitrogen and oxygen atoms in total. The third-order valence-electron chi connectivity index (χ3n) is 2.85. The van der Waals surface area contributed by atoms with E-state index in [2.05, 4.69) is 0 Å². The Bertz CT molecular complexity index is 233. The van der Waals surface area contributed by atoms with Crippen LogP contribution < -0.4 is 10.2 Å². The predicted molar refractivity (Wildman–Crippen MR) is 66.7 cm³/mol. The van der Waals surface area contributed by atoms with Crippen molar-refractivity contribution in [1.82, 2.24) is 0 Å². The Balaban J connectivity index is -0.000000256. The second-order valence-corrected chi connectivity index (χ2v) is 4.30. The molecule has 0 saturated carbocycles. The van der Waals surface area contributed by atoms with E-state index in [-0.39, 0.29) is 49.6 Å². The second kappa shape index (κ2) is 13.1. The average Bonchev–Trinajstić information content (AvgIpc) is 2.35. The summed E-state index contributed by atoms with van der Waals surface area (Å²) in [5, 5.41) is 37.3. The number of hydrogen-bond acceptors (Lipinski definition) is 6. The van der Waals surface area contributed by atoms with E-state index in [1.165, 1.54) is 0 Å². The third kappa shape index (κ3) is 11.6. The number of carboxylic acids is 2. The first kappa shape index (κ1) is 24.2. The molecule has 2 N–H and O–H groups in total. The van der Waals surface area contributed by atoms with Gasteiger partial charge in [0.2, 0.25) is 0 Å². The largest absolute Gasteiger partial charge is 2.00 e. The molecule has 108 valence electrons. The van der Waals surface area contributed by atoms with Gasteiger partial charge in [0.1, 0.15) is 0 Å². The molecule has 0 spiro atoms. The fourth-order valence-electron chi connectivity index (χ4n) is 0.911. The molecule has 0 saturated heterocycles. The van der Waals surface area contributed by atoms with Crippen LogP contribution in [0.25, 0.3) is 0 Å². The van der Waals surface area contributed by atoms with E-state index < -0.39 is 24.1 Å². The Morgan fingerprint density at radius 2 is 1.11 bits per heavy atom. The molecule has 19 heavy (non-hydrogen) atoms. The monoisotopic (exact) mass is 302 g/mol. The summed E-state index contributed by atoms with van der Waals surface area (Å²) in [6.45, 7) is 6.97. The van der Waals surface area contributed by atoms with Gasteiger partial charge in [-0.15, -0.1) is 0 Å². The van der Waals surface area contributed by atoms with E-state index in [0.717, 1.165) is 0 Å². The van der Waals surface area contributed by atoms with Crippen LogP contribution in [0.4, 0.5) is 0 Å². The average molecular weight is 302 g/mol. The number of carbonyl (C=O) groups excluding carboxylic acids is 2. The number of rotatable bonds is 6.